The van der Waals surface area contributed by atoms with Gasteiger partial charge in [0.1, 0.15) is 0 Å². The first-order valence-electron chi connectivity index (χ1n) is 13.3. The molecule has 212 valence electrons. The summed E-state index contributed by atoms with van der Waals surface area (Å²) in [6.45, 7) is 3.23. The van der Waals surface area contributed by atoms with Crippen molar-refractivity contribution in [2.75, 3.05) is 18.9 Å². The van der Waals surface area contributed by atoms with Gasteiger partial charge in [-0.05, 0) is 81.3 Å². The number of carbonyl (C=O) groups is 1. The summed E-state index contributed by atoms with van der Waals surface area (Å²) in [5, 5.41) is 10.9. The number of pyridine rings is 1. The second-order valence-corrected chi connectivity index (χ2v) is 12.4. The van der Waals surface area contributed by atoms with E-state index in [1.807, 2.05) is 6.07 Å². The van der Waals surface area contributed by atoms with Crippen LogP contribution in [0, 0.1) is 11.8 Å². The summed E-state index contributed by atoms with van der Waals surface area (Å²) in [7, 11) is -3.42. The van der Waals surface area contributed by atoms with Gasteiger partial charge < -0.3 is 15.0 Å². The van der Waals surface area contributed by atoms with Crippen LogP contribution in [0.15, 0.2) is 47.5 Å². The number of nitrogens with one attached hydrogen (secondary N) is 1. The number of alkyl halides is 3. The van der Waals surface area contributed by atoms with Crippen LogP contribution in [-0.4, -0.2) is 59.4 Å². The Morgan fingerprint density at radius 3 is 2.41 bits per heavy atom. The standard InChI is InChI=1S/C28H34F3N3O4S/c1-3-34(26(17-35)25-12-10-23(16-32-25)39(37,38)4-2)27(36)19-7-11-24-20(14-19)15-22(33-24)13-18-5-8-21(9-6-18)28(29,30)31/h7,10-12,14-16,18,21,26,33,35H,3-6,8-9,13,17H2,1-2H3/t18-,21-,26-/m0/s1. The van der Waals surface area contributed by atoms with E-state index in [-0.39, 0.29) is 48.5 Å². The Labute approximate surface area is 226 Å². The highest BCUT2D eigenvalue weighted by atomic mass is 32.2. The lowest BCUT2D eigenvalue weighted by Crippen LogP contribution is -2.37. The van der Waals surface area contributed by atoms with Crippen molar-refractivity contribution in [1.82, 2.24) is 14.9 Å². The van der Waals surface area contributed by atoms with Gasteiger partial charge in [0, 0.05) is 34.9 Å². The van der Waals surface area contributed by atoms with Crippen LogP contribution in [0.1, 0.15) is 67.3 Å². The molecule has 1 saturated carbocycles. The van der Waals surface area contributed by atoms with E-state index in [9.17, 15) is 31.5 Å². The molecule has 2 heterocycles. The molecule has 0 bridgehead atoms. The Balaban J connectivity index is 1.49. The molecule has 1 atom stereocenters. The summed E-state index contributed by atoms with van der Waals surface area (Å²) >= 11 is 0. The number of aliphatic hydroxyl groups is 1. The van der Waals surface area contributed by atoms with Gasteiger partial charge in [0.15, 0.2) is 9.84 Å². The normalized spacial score (nSPS) is 19.2. The van der Waals surface area contributed by atoms with E-state index in [0.29, 0.717) is 30.5 Å². The number of halogens is 3. The maximum Gasteiger partial charge on any atom is 0.391 e. The minimum atomic E-state index is -4.12. The first-order chi connectivity index (χ1) is 18.5. The zero-order valence-electron chi connectivity index (χ0n) is 22.0. The summed E-state index contributed by atoms with van der Waals surface area (Å²) in [5.41, 5.74) is 2.57. The highest BCUT2D eigenvalue weighted by Crippen LogP contribution is 2.40. The maximum absolute atomic E-state index is 13.5. The molecule has 3 aromatic rings. The molecule has 1 fully saturated rings. The number of nitrogens with zero attached hydrogens (tertiary/aromatic N) is 2. The van der Waals surface area contributed by atoms with Crippen LogP contribution in [0.25, 0.3) is 10.9 Å². The number of H-pyrrole nitrogens is 1. The van der Waals surface area contributed by atoms with Crippen LogP contribution < -0.4 is 0 Å². The van der Waals surface area contributed by atoms with Crippen LogP contribution >= 0.6 is 0 Å². The van der Waals surface area contributed by atoms with Crippen molar-refractivity contribution in [3.8, 4) is 0 Å². The molecule has 39 heavy (non-hydrogen) atoms. The number of aromatic amines is 1. The van der Waals surface area contributed by atoms with Gasteiger partial charge >= 0.3 is 6.18 Å². The minimum absolute atomic E-state index is 0.0560. The molecule has 0 unspecified atom stereocenters. The number of hydrogen-bond acceptors (Lipinski definition) is 5. The lowest BCUT2D eigenvalue weighted by molar-refractivity contribution is -0.183. The monoisotopic (exact) mass is 565 g/mol. The number of sulfone groups is 1. The molecule has 0 spiro atoms. The number of fused-ring (bicyclic) bond motifs is 1. The SMILES string of the molecule is CCN(C(=O)c1ccc2[nH]c(C[C@H]3CC[C@H](C(F)(F)F)CC3)cc2c1)[C@@H](CO)c1ccc(S(=O)(=O)CC)cn1. The number of hydrogen-bond donors (Lipinski definition) is 2. The number of aromatic nitrogens is 2. The van der Waals surface area contributed by atoms with Crippen molar-refractivity contribution >= 4 is 26.6 Å². The molecular formula is C28H34F3N3O4S. The Bertz CT molecular complexity index is 1400. The molecule has 2 N–H and O–H groups in total. The van der Waals surface area contributed by atoms with Gasteiger partial charge in [-0.15, -0.1) is 0 Å². The summed E-state index contributed by atoms with van der Waals surface area (Å²) in [5.74, 6) is -1.38. The number of amides is 1. The number of rotatable bonds is 9. The van der Waals surface area contributed by atoms with Crippen LogP contribution in [0.3, 0.4) is 0 Å². The van der Waals surface area contributed by atoms with Crippen molar-refractivity contribution in [3.63, 3.8) is 0 Å². The van der Waals surface area contributed by atoms with E-state index in [2.05, 4.69) is 9.97 Å². The third kappa shape index (κ3) is 6.46. The fourth-order valence-corrected chi connectivity index (χ4v) is 6.23. The highest BCUT2D eigenvalue weighted by Gasteiger charge is 2.41. The van der Waals surface area contributed by atoms with Crippen molar-refractivity contribution < 1.29 is 31.5 Å². The maximum atomic E-state index is 13.5. The van der Waals surface area contributed by atoms with Crippen LogP contribution in [0.5, 0.6) is 0 Å². The number of carbonyl (C=O) groups excluding carboxylic acids is 1. The molecule has 0 radical (unpaired) electrons. The molecule has 4 rings (SSSR count). The van der Waals surface area contributed by atoms with Crippen molar-refractivity contribution in [1.29, 1.82) is 0 Å². The Hall–Kier alpha value is -2.92. The van der Waals surface area contributed by atoms with Crippen LogP contribution in [0.2, 0.25) is 0 Å². The largest absolute Gasteiger partial charge is 0.394 e. The van der Waals surface area contributed by atoms with Gasteiger partial charge in [-0.25, -0.2) is 8.42 Å². The average Bonchev–Trinajstić information content (AvgIpc) is 3.32. The van der Waals surface area contributed by atoms with Gasteiger partial charge in [0.25, 0.3) is 5.91 Å². The van der Waals surface area contributed by atoms with Gasteiger partial charge in [-0.3, -0.25) is 9.78 Å². The van der Waals surface area contributed by atoms with Crippen LogP contribution in [-0.2, 0) is 16.3 Å². The second-order valence-electron chi connectivity index (χ2n) is 10.2. The van der Waals surface area contributed by atoms with Crippen molar-refractivity contribution in [3.05, 3.63) is 59.5 Å². The molecule has 1 aromatic carbocycles. The topological polar surface area (TPSA) is 103 Å². The second kappa shape index (κ2) is 11.7. The van der Waals surface area contributed by atoms with Crippen molar-refractivity contribution in [2.45, 2.75) is 63.1 Å². The number of benzene rings is 1. The molecule has 1 amide bonds. The molecule has 2 aromatic heterocycles. The average molecular weight is 566 g/mol. The molecule has 1 aliphatic rings. The molecule has 7 nitrogen and oxygen atoms in total. The highest BCUT2D eigenvalue weighted by molar-refractivity contribution is 7.91. The summed E-state index contributed by atoms with van der Waals surface area (Å²) in [4.78, 5) is 22.6. The molecular weight excluding hydrogens is 531 g/mol. The van der Waals surface area contributed by atoms with E-state index in [0.717, 1.165) is 16.6 Å². The first kappa shape index (κ1) is 29.1. The van der Waals surface area contributed by atoms with E-state index < -0.39 is 28.0 Å². The Morgan fingerprint density at radius 1 is 1.13 bits per heavy atom. The van der Waals surface area contributed by atoms with E-state index in [1.54, 1.807) is 32.0 Å². The molecule has 1 aliphatic carbocycles. The van der Waals surface area contributed by atoms with Gasteiger partial charge in [-0.2, -0.15) is 13.2 Å². The lowest BCUT2D eigenvalue weighted by atomic mass is 9.80. The molecule has 11 heteroatoms. The fraction of sp³-hybridized carbons (Fsp3) is 0.500. The van der Waals surface area contributed by atoms with Gasteiger partial charge in [-0.1, -0.05) is 6.92 Å². The Morgan fingerprint density at radius 2 is 1.85 bits per heavy atom. The van der Waals surface area contributed by atoms with Gasteiger partial charge in [0.2, 0.25) is 0 Å². The summed E-state index contributed by atoms with van der Waals surface area (Å²) in [6, 6.07) is 9.40. The van der Waals surface area contributed by atoms with Crippen molar-refractivity contribution in [2.24, 2.45) is 11.8 Å². The predicted molar refractivity (Wildman–Crippen MR) is 142 cm³/mol. The zero-order chi connectivity index (χ0) is 28.4. The minimum Gasteiger partial charge on any atom is -0.394 e. The van der Waals surface area contributed by atoms with Crippen LogP contribution in [0.4, 0.5) is 13.2 Å². The smallest absolute Gasteiger partial charge is 0.391 e. The number of aliphatic hydroxyl groups excluding tert-OH is 1. The van der Waals surface area contributed by atoms with E-state index in [4.69, 9.17) is 0 Å². The summed E-state index contributed by atoms with van der Waals surface area (Å²) < 4.78 is 63.2. The molecule has 0 saturated heterocycles. The van der Waals surface area contributed by atoms with E-state index in [1.165, 1.54) is 23.2 Å². The lowest BCUT2D eigenvalue weighted by Gasteiger charge is -2.29. The third-order valence-electron chi connectivity index (χ3n) is 7.73. The first-order valence-corrected chi connectivity index (χ1v) is 14.9. The Kier molecular flexibility index (Phi) is 8.70. The van der Waals surface area contributed by atoms with E-state index >= 15 is 0 Å². The van der Waals surface area contributed by atoms with Gasteiger partial charge in [0.05, 0.1) is 34.9 Å². The predicted octanol–water partition coefficient (Wildman–Crippen LogP) is 5.46. The summed E-state index contributed by atoms with van der Waals surface area (Å²) in [6.07, 6.45) is -0.807. The molecule has 0 aliphatic heterocycles. The zero-order valence-corrected chi connectivity index (χ0v) is 22.9. The third-order valence-corrected chi connectivity index (χ3v) is 9.45. The fourth-order valence-electron chi connectivity index (χ4n) is 5.40. The number of likely N-dealkylation sites (N-methyl/N-ethyl adjacent to an activating group) is 1. The quantitative estimate of drug-likeness (QED) is 0.359.